The van der Waals surface area contributed by atoms with E-state index in [1.807, 2.05) is 30.3 Å². The minimum atomic E-state index is 0.670. The van der Waals surface area contributed by atoms with Crippen LogP contribution in [0.4, 0.5) is 0 Å². The number of nitrogens with zero attached hydrogens (tertiary/aromatic N) is 3. The summed E-state index contributed by atoms with van der Waals surface area (Å²) in [6, 6.07) is 37.7. The molecule has 3 nitrogen and oxygen atoms in total. The van der Waals surface area contributed by atoms with Gasteiger partial charge in [0.1, 0.15) is 0 Å². The van der Waals surface area contributed by atoms with E-state index in [9.17, 15) is 0 Å². The number of hydrogen-bond donors (Lipinski definition) is 0. The van der Waals surface area contributed by atoms with Gasteiger partial charge in [-0.05, 0) is 47.2 Å². The fourth-order valence-electron chi connectivity index (χ4n) is 4.46. The summed E-state index contributed by atoms with van der Waals surface area (Å²) in [6.45, 7) is 0. The second kappa shape index (κ2) is 9.45. The largest absolute Gasteiger partial charge is 0.208 e. The average Bonchev–Trinajstić information content (AvgIpc) is 2.95. The molecular formula is C31H18BrN3S2. The zero-order valence-electron chi connectivity index (χ0n) is 19.4. The number of rotatable bonds is 3. The molecular weight excluding hydrogens is 558 g/mol. The zero-order chi connectivity index (χ0) is 24.8. The maximum absolute atomic E-state index is 5.01. The van der Waals surface area contributed by atoms with Gasteiger partial charge in [-0.1, -0.05) is 112 Å². The van der Waals surface area contributed by atoms with Crippen molar-refractivity contribution in [2.24, 2.45) is 0 Å². The summed E-state index contributed by atoms with van der Waals surface area (Å²) in [6.07, 6.45) is 0. The molecule has 1 aliphatic rings. The molecule has 6 heteroatoms. The van der Waals surface area contributed by atoms with E-state index in [2.05, 4.69) is 94.8 Å². The van der Waals surface area contributed by atoms with Crippen LogP contribution >= 0.6 is 39.5 Å². The Morgan fingerprint density at radius 3 is 1.97 bits per heavy atom. The van der Waals surface area contributed by atoms with E-state index in [4.69, 9.17) is 15.0 Å². The molecule has 0 amide bonds. The first-order valence-electron chi connectivity index (χ1n) is 11.8. The van der Waals surface area contributed by atoms with E-state index in [0.29, 0.717) is 17.5 Å². The highest BCUT2D eigenvalue weighted by molar-refractivity contribution is 9.10. The molecule has 1 aromatic heterocycles. The lowest BCUT2D eigenvalue weighted by Crippen LogP contribution is -2.01. The summed E-state index contributed by atoms with van der Waals surface area (Å²) >= 11 is 7.18. The van der Waals surface area contributed by atoms with Gasteiger partial charge >= 0.3 is 0 Å². The minimum absolute atomic E-state index is 0.670. The maximum atomic E-state index is 5.01. The molecule has 0 bridgehead atoms. The second-order valence-corrected chi connectivity index (χ2v) is 11.7. The first kappa shape index (κ1) is 22.7. The lowest BCUT2D eigenvalue weighted by Gasteiger charge is -2.19. The number of fused-ring (bicyclic) bond motifs is 3. The lowest BCUT2D eigenvalue weighted by molar-refractivity contribution is 1.07. The summed E-state index contributed by atoms with van der Waals surface area (Å²) < 4.78 is 1.10. The van der Waals surface area contributed by atoms with Gasteiger partial charge in [0.05, 0.1) is 0 Å². The van der Waals surface area contributed by atoms with Gasteiger partial charge in [0, 0.05) is 40.7 Å². The highest BCUT2D eigenvalue weighted by Gasteiger charge is 2.20. The maximum Gasteiger partial charge on any atom is 0.164 e. The monoisotopic (exact) mass is 575 g/mol. The molecule has 37 heavy (non-hydrogen) atoms. The second-order valence-electron chi connectivity index (χ2n) is 8.66. The van der Waals surface area contributed by atoms with Gasteiger partial charge in [-0.3, -0.25) is 0 Å². The summed E-state index contributed by atoms with van der Waals surface area (Å²) in [7, 11) is 0. The summed E-state index contributed by atoms with van der Waals surface area (Å²) in [5.74, 6) is 2.02. The van der Waals surface area contributed by atoms with Gasteiger partial charge in [0.15, 0.2) is 17.5 Å². The van der Waals surface area contributed by atoms with E-state index < -0.39 is 0 Å². The molecule has 0 aliphatic carbocycles. The van der Waals surface area contributed by atoms with Crippen molar-refractivity contribution in [2.45, 2.75) is 19.6 Å². The van der Waals surface area contributed by atoms with Crippen LogP contribution in [-0.4, -0.2) is 15.0 Å². The van der Waals surface area contributed by atoms with E-state index in [-0.39, 0.29) is 0 Å². The first-order valence-corrected chi connectivity index (χ1v) is 14.2. The molecule has 0 saturated carbocycles. The van der Waals surface area contributed by atoms with Crippen LogP contribution in [-0.2, 0) is 0 Å². The molecule has 0 atom stereocenters. The van der Waals surface area contributed by atoms with Crippen LogP contribution < -0.4 is 0 Å². The Labute approximate surface area is 231 Å². The van der Waals surface area contributed by atoms with Gasteiger partial charge in [-0.2, -0.15) is 0 Å². The van der Waals surface area contributed by atoms with E-state index in [0.717, 1.165) is 31.9 Å². The third-order valence-corrected chi connectivity index (χ3v) is 9.26. The molecule has 7 rings (SSSR count). The molecule has 0 N–H and O–H groups in total. The predicted octanol–water partition coefficient (Wildman–Crippen LogP) is 9.40. The van der Waals surface area contributed by atoms with Crippen LogP contribution in [0.25, 0.3) is 44.9 Å². The van der Waals surface area contributed by atoms with Crippen molar-refractivity contribution in [3.8, 4) is 34.2 Å². The lowest BCUT2D eigenvalue weighted by atomic mass is 10.0. The quantitative estimate of drug-likeness (QED) is 0.210. The van der Waals surface area contributed by atoms with Crippen molar-refractivity contribution >= 4 is 50.2 Å². The molecule has 1 aliphatic heterocycles. The molecule has 0 radical (unpaired) electrons. The van der Waals surface area contributed by atoms with Crippen LogP contribution in [0.3, 0.4) is 0 Å². The van der Waals surface area contributed by atoms with Crippen molar-refractivity contribution in [1.29, 1.82) is 0 Å². The molecule has 2 heterocycles. The topological polar surface area (TPSA) is 38.7 Å². The third kappa shape index (κ3) is 4.35. The van der Waals surface area contributed by atoms with E-state index in [1.54, 1.807) is 23.5 Å². The van der Waals surface area contributed by atoms with Gasteiger partial charge < -0.3 is 0 Å². The molecule has 176 valence electrons. The Morgan fingerprint density at radius 2 is 1.14 bits per heavy atom. The molecule has 0 fully saturated rings. The third-order valence-electron chi connectivity index (χ3n) is 6.25. The molecule has 0 spiro atoms. The highest BCUT2D eigenvalue weighted by Crippen LogP contribution is 2.49. The van der Waals surface area contributed by atoms with E-state index >= 15 is 0 Å². The Morgan fingerprint density at radius 1 is 0.486 bits per heavy atom. The van der Waals surface area contributed by atoms with Crippen LogP contribution in [0.2, 0.25) is 0 Å². The average molecular weight is 577 g/mol. The summed E-state index contributed by atoms with van der Waals surface area (Å²) in [5, 5.41) is 2.29. The van der Waals surface area contributed by atoms with Crippen LogP contribution in [0.1, 0.15) is 0 Å². The SMILES string of the molecule is Brc1ccc2c(c1)Sc1ccc(-c3nc(-c4ccccc4)nc(-c4cccc5ccccc45)n3)cc1S2. The predicted molar refractivity (Wildman–Crippen MR) is 156 cm³/mol. The van der Waals surface area contributed by atoms with Crippen LogP contribution in [0, 0.1) is 0 Å². The van der Waals surface area contributed by atoms with E-state index in [1.165, 1.54) is 19.6 Å². The Balaban J connectivity index is 1.38. The van der Waals surface area contributed by atoms with Crippen molar-refractivity contribution < 1.29 is 0 Å². The number of benzene rings is 5. The minimum Gasteiger partial charge on any atom is -0.208 e. The van der Waals surface area contributed by atoms with Crippen molar-refractivity contribution in [3.63, 3.8) is 0 Å². The first-order chi connectivity index (χ1) is 18.2. The van der Waals surface area contributed by atoms with Gasteiger partial charge in [-0.25, -0.2) is 15.0 Å². The summed E-state index contributed by atoms with van der Waals surface area (Å²) in [4.78, 5) is 19.9. The van der Waals surface area contributed by atoms with Gasteiger partial charge in [-0.15, -0.1) is 0 Å². The van der Waals surface area contributed by atoms with Crippen molar-refractivity contribution in [3.05, 3.63) is 114 Å². The Kier molecular flexibility index (Phi) is 5.80. The molecule has 6 aromatic rings. The van der Waals surface area contributed by atoms with Crippen molar-refractivity contribution in [1.82, 2.24) is 15.0 Å². The zero-order valence-corrected chi connectivity index (χ0v) is 22.6. The van der Waals surface area contributed by atoms with Crippen LogP contribution in [0.15, 0.2) is 133 Å². The Bertz CT molecular complexity index is 1800. The number of aromatic nitrogens is 3. The standard InChI is InChI=1S/C31H18BrN3S2/c32-22-14-16-26-28(18-22)37-25-15-13-21(17-27(25)36-26)30-33-29(20-8-2-1-3-9-20)34-31(35-30)24-12-6-10-19-7-4-5-11-23(19)24/h1-18H. The fraction of sp³-hybridized carbons (Fsp3) is 0. The smallest absolute Gasteiger partial charge is 0.164 e. The molecule has 5 aromatic carbocycles. The number of hydrogen-bond acceptors (Lipinski definition) is 5. The Hall–Kier alpha value is -3.45. The normalized spacial score (nSPS) is 12.2. The van der Waals surface area contributed by atoms with Gasteiger partial charge in [0.2, 0.25) is 0 Å². The molecule has 0 unspecified atom stereocenters. The van der Waals surface area contributed by atoms with Crippen LogP contribution in [0.5, 0.6) is 0 Å². The highest BCUT2D eigenvalue weighted by atomic mass is 79.9. The summed E-state index contributed by atoms with van der Waals surface area (Å²) in [5.41, 5.74) is 2.95. The fourth-order valence-corrected chi connectivity index (χ4v) is 7.24. The number of halogens is 1. The van der Waals surface area contributed by atoms with Gasteiger partial charge in [0.25, 0.3) is 0 Å². The molecule has 0 saturated heterocycles. The van der Waals surface area contributed by atoms with Crippen molar-refractivity contribution in [2.75, 3.05) is 0 Å².